The van der Waals surface area contributed by atoms with Gasteiger partial charge in [0.2, 0.25) is 5.91 Å². The molecular weight excluding hydrogens is 327 g/mol. The number of hydrogen-bond acceptors (Lipinski definition) is 3. The molecule has 4 nitrogen and oxygen atoms in total. The zero-order valence-corrected chi connectivity index (χ0v) is 11.3. The minimum absolute atomic E-state index is 0.0146. The van der Waals surface area contributed by atoms with E-state index in [1.165, 1.54) is 18.3 Å². The maximum atomic E-state index is 13.2. The van der Waals surface area contributed by atoms with Crippen LogP contribution in [0.15, 0.2) is 22.8 Å². The summed E-state index contributed by atoms with van der Waals surface area (Å²) in [4.78, 5) is 16.2. The third-order valence-corrected chi connectivity index (χ3v) is 3.25. The van der Waals surface area contributed by atoms with Gasteiger partial charge in [0, 0.05) is 23.8 Å². The number of carbonyl (C=O) groups is 1. The van der Waals surface area contributed by atoms with Crippen LogP contribution < -0.4 is 5.32 Å². The Morgan fingerprint density at radius 3 is 2.68 bits per heavy atom. The standard InChI is InChI=1S/C11H11BrF3N3O/c12-7-1-2-8(17-5-7)10(11(13,14)15)18-4-3-16-6-9(18)19/h1-2,5,10,16H,3-4,6H2. The van der Waals surface area contributed by atoms with Gasteiger partial charge in [0.05, 0.1) is 12.2 Å². The van der Waals surface area contributed by atoms with Gasteiger partial charge < -0.3 is 10.2 Å². The number of piperazine rings is 1. The molecule has 0 bridgehead atoms. The molecule has 2 rings (SSSR count). The highest BCUT2D eigenvalue weighted by Gasteiger charge is 2.47. The first kappa shape index (κ1) is 14.3. The normalized spacial score (nSPS) is 18.5. The van der Waals surface area contributed by atoms with Crippen molar-refractivity contribution in [3.63, 3.8) is 0 Å². The van der Waals surface area contributed by atoms with Crippen molar-refractivity contribution in [3.05, 3.63) is 28.5 Å². The van der Waals surface area contributed by atoms with Crippen LogP contribution >= 0.6 is 15.9 Å². The molecule has 0 saturated carbocycles. The monoisotopic (exact) mass is 337 g/mol. The lowest BCUT2D eigenvalue weighted by atomic mass is 10.1. The largest absolute Gasteiger partial charge is 0.414 e. The molecule has 8 heteroatoms. The van der Waals surface area contributed by atoms with Crippen LogP contribution in [-0.4, -0.2) is 41.6 Å². The Labute approximate surface area is 116 Å². The Balaban J connectivity index is 2.35. The van der Waals surface area contributed by atoms with E-state index >= 15 is 0 Å². The van der Waals surface area contributed by atoms with Crippen molar-refractivity contribution in [3.8, 4) is 0 Å². The van der Waals surface area contributed by atoms with Gasteiger partial charge in [-0.15, -0.1) is 0 Å². The third-order valence-electron chi connectivity index (χ3n) is 2.78. The van der Waals surface area contributed by atoms with Gasteiger partial charge in [0.1, 0.15) is 0 Å². The van der Waals surface area contributed by atoms with Crippen molar-refractivity contribution in [1.82, 2.24) is 15.2 Å². The summed E-state index contributed by atoms with van der Waals surface area (Å²) in [6.07, 6.45) is -3.26. The summed E-state index contributed by atoms with van der Waals surface area (Å²) >= 11 is 3.12. The lowest BCUT2D eigenvalue weighted by Crippen LogP contribution is -2.52. The minimum Gasteiger partial charge on any atom is -0.323 e. The van der Waals surface area contributed by atoms with Crippen molar-refractivity contribution < 1.29 is 18.0 Å². The van der Waals surface area contributed by atoms with Crippen LogP contribution in [0.4, 0.5) is 13.2 Å². The van der Waals surface area contributed by atoms with Crippen LogP contribution in [0.1, 0.15) is 11.7 Å². The summed E-state index contributed by atoms with van der Waals surface area (Å²) in [5.41, 5.74) is -0.175. The summed E-state index contributed by atoms with van der Waals surface area (Å²) in [5, 5.41) is 2.74. The molecular formula is C11H11BrF3N3O. The van der Waals surface area contributed by atoms with E-state index in [0.29, 0.717) is 11.0 Å². The average molecular weight is 338 g/mol. The molecule has 1 unspecified atom stereocenters. The van der Waals surface area contributed by atoms with Crippen molar-refractivity contribution in [2.24, 2.45) is 0 Å². The first-order valence-electron chi connectivity index (χ1n) is 5.58. The van der Waals surface area contributed by atoms with Gasteiger partial charge in [-0.3, -0.25) is 9.78 Å². The van der Waals surface area contributed by atoms with Crippen LogP contribution in [0.2, 0.25) is 0 Å². The number of halogens is 4. The molecule has 19 heavy (non-hydrogen) atoms. The highest BCUT2D eigenvalue weighted by atomic mass is 79.9. The van der Waals surface area contributed by atoms with Crippen LogP contribution in [0, 0.1) is 0 Å². The van der Waals surface area contributed by atoms with Gasteiger partial charge in [-0.25, -0.2) is 0 Å². The number of aromatic nitrogens is 1. The summed E-state index contributed by atoms with van der Waals surface area (Å²) in [6.45, 7) is 0.276. The highest BCUT2D eigenvalue weighted by molar-refractivity contribution is 9.10. The number of amides is 1. The molecule has 1 fully saturated rings. The topological polar surface area (TPSA) is 45.2 Å². The number of alkyl halides is 3. The predicted molar refractivity (Wildman–Crippen MR) is 65.3 cm³/mol. The average Bonchev–Trinajstić information content (AvgIpc) is 2.33. The molecule has 1 aromatic rings. The van der Waals surface area contributed by atoms with Crippen LogP contribution in [0.25, 0.3) is 0 Å². The van der Waals surface area contributed by atoms with E-state index in [2.05, 4.69) is 26.2 Å². The number of pyridine rings is 1. The van der Waals surface area contributed by atoms with Crippen molar-refractivity contribution in [2.45, 2.75) is 12.2 Å². The highest BCUT2D eigenvalue weighted by Crippen LogP contribution is 2.37. The lowest BCUT2D eigenvalue weighted by Gasteiger charge is -2.35. The van der Waals surface area contributed by atoms with E-state index in [1.807, 2.05) is 0 Å². The summed E-state index contributed by atoms with van der Waals surface area (Å²) in [5.74, 6) is -0.571. The summed E-state index contributed by atoms with van der Waals surface area (Å²) in [6, 6.07) is 0.765. The first-order chi connectivity index (χ1) is 8.89. The van der Waals surface area contributed by atoms with Gasteiger partial charge in [0.15, 0.2) is 6.04 Å². The van der Waals surface area contributed by atoms with Gasteiger partial charge in [-0.1, -0.05) is 0 Å². The number of hydrogen-bond donors (Lipinski definition) is 1. The molecule has 0 aliphatic carbocycles. The molecule has 1 aliphatic heterocycles. The van der Waals surface area contributed by atoms with Crippen molar-refractivity contribution >= 4 is 21.8 Å². The Morgan fingerprint density at radius 2 is 2.16 bits per heavy atom. The molecule has 1 N–H and O–H groups in total. The Bertz CT molecular complexity index is 463. The smallest absolute Gasteiger partial charge is 0.323 e. The zero-order valence-electron chi connectivity index (χ0n) is 9.75. The van der Waals surface area contributed by atoms with Gasteiger partial charge in [-0.2, -0.15) is 13.2 Å². The van der Waals surface area contributed by atoms with Crippen LogP contribution in [-0.2, 0) is 4.79 Å². The molecule has 1 atom stereocenters. The van der Waals surface area contributed by atoms with E-state index < -0.39 is 18.1 Å². The second kappa shape index (κ2) is 5.46. The number of nitrogens with one attached hydrogen (secondary N) is 1. The summed E-state index contributed by atoms with van der Waals surface area (Å²) in [7, 11) is 0. The molecule has 1 saturated heterocycles. The van der Waals surface area contributed by atoms with E-state index in [4.69, 9.17) is 0 Å². The van der Waals surface area contributed by atoms with E-state index in [9.17, 15) is 18.0 Å². The molecule has 0 radical (unpaired) electrons. The molecule has 0 aromatic carbocycles. The van der Waals surface area contributed by atoms with Gasteiger partial charge in [-0.05, 0) is 28.1 Å². The Kier molecular flexibility index (Phi) is 4.10. The van der Waals surface area contributed by atoms with E-state index in [1.54, 1.807) is 0 Å². The predicted octanol–water partition coefficient (Wildman–Crippen LogP) is 1.88. The quantitative estimate of drug-likeness (QED) is 0.896. The van der Waals surface area contributed by atoms with Crippen molar-refractivity contribution in [1.29, 1.82) is 0 Å². The first-order valence-corrected chi connectivity index (χ1v) is 6.37. The molecule has 0 spiro atoms. The maximum Gasteiger partial charge on any atom is 0.414 e. The second-order valence-corrected chi connectivity index (χ2v) is 5.03. The Morgan fingerprint density at radius 1 is 1.42 bits per heavy atom. The van der Waals surface area contributed by atoms with Crippen LogP contribution in [0.3, 0.4) is 0 Å². The fourth-order valence-corrected chi connectivity index (χ4v) is 2.18. The Hall–Kier alpha value is -1.15. The van der Waals surface area contributed by atoms with Crippen LogP contribution in [0.5, 0.6) is 0 Å². The fourth-order valence-electron chi connectivity index (χ4n) is 1.95. The second-order valence-electron chi connectivity index (χ2n) is 4.11. The third kappa shape index (κ3) is 3.24. The summed E-state index contributed by atoms with van der Waals surface area (Å²) < 4.78 is 40.2. The van der Waals surface area contributed by atoms with E-state index in [-0.39, 0.29) is 18.8 Å². The molecule has 2 heterocycles. The molecule has 1 aromatic heterocycles. The van der Waals surface area contributed by atoms with Gasteiger partial charge >= 0.3 is 6.18 Å². The number of rotatable bonds is 2. The number of carbonyl (C=O) groups excluding carboxylic acids is 1. The SMILES string of the molecule is O=C1CNCCN1C(c1ccc(Br)cn1)C(F)(F)F. The molecule has 1 amide bonds. The van der Waals surface area contributed by atoms with E-state index in [0.717, 1.165) is 4.90 Å². The molecule has 1 aliphatic rings. The minimum atomic E-state index is -4.55. The molecule has 104 valence electrons. The van der Waals surface area contributed by atoms with Gasteiger partial charge in [0.25, 0.3) is 0 Å². The fraction of sp³-hybridized carbons (Fsp3) is 0.455. The number of nitrogens with zero attached hydrogens (tertiary/aromatic N) is 2. The van der Waals surface area contributed by atoms with Crippen molar-refractivity contribution in [2.75, 3.05) is 19.6 Å². The maximum absolute atomic E-state index is 13.2. The lowest BCUT2D eigenvalue weighted by molar-refractivity contribution is -0.194. The zero-order chi connectivity index (χ0) is 14.0.